The molecule has 0 aromatic carbocycles. The third-order valence-corrected chi connectivity index (χ3v) is 2.05. The summed E-state index contributed by atoms with van der Waals surface area (Å²) in [5.41, 5.74) is 0. The third-order valence-electron chi connectivity index (χ3n) is 2.05. The summed E-state index contributed by atoms with van der Waals surface area (Å²) >= 11 is 0. The number of aliphatic carboxylic acids is 1. The summed E-state index contributed by atoms with van der Waals surface area (Å²) in [6.45, 7) is 3.26. The summed E-state index contributed by atoms with van der Waals surface area (Å²) in [5.74, 6) is -0.871. The van der Waals surface area contributed by atoms with Crippen LogP contribution < -0.4 is 0 Å². The molecule has 0 unspecified atom stereocenters. The number of β-amino-alcohol motifs (C(OH)–C–C–N with tert-alkyl or cyclic N) is 1. The number of likely N-dealkylation sites (tertiary alicyclic amines) is 1. The van der Waals surface area contributed by atoms with E-state index in [0.29, 0.717) is 19.7 Å². The Morgan fingerprint density at radius 2 is 2.31 bits per heavy atom. The molecular weight excluding hydrogens is 174 g/mol. The van der Waals surface area contributed by atoms with Gasteiger partial charge in [0.2, 0.25) is 0 Å². The molecule has 1 rings (SSSR count). The highest BCUT2D eigenvalue weighted by molar-refractivity contribution is 5.69. The molecule has 1 heterocycles. The van der Waals surface area contributed by atoms with E-state index in [1.165, 1.54) is 0 Å². The molecule has 0 aliphatic carbocycles. The quantitative estimate of drug-likeness (QED) is 0.603. The van der Waals surface area contributed by atoms with Crippen molar-refractivity contribution >= 4 is 5.97 Å². The molecule has 5 nitrogen and oxygen atoms in total. The number of carboxylic acid groups (broad SMARTS) is 1. The molecule has 0 bridgehead atoms. The zero-order valence-corrected chi connectivity index (χ0v) is 7.64. The topological polar surface area (TPSA) is 70.0 Å². The van der Waals surface area contributed by atoms with E-state index in [9.17, 15) is 9.90 Å². The summed E-state index contributed by atoms with van der Waals surface area (Å²) in [4.78, 5) is 12.0. The average Bonchev–Trinajstić information content (AvgIpc) is 2.31. The Bertz CT molecular complexity index is 185. The highest BCUT2D eigenvalue weighted by Crippen LogP contribution is 2.12. The molecule has 13 heavy (non-hydrogen) atoms. The van der Waals surface area contributed by atoms with Crippen LogP contribution in [-0.2, 0) is 9.53 Å². The van der Waals surface area contributed by atoms with E-state index >= 15 is 0 Å². The van der Waals surface area contributed by atoms with Crippen LogP contribution in [0.5, 0.6) is 0 Å². The molecule has 0 saturated carbocycles. The van der Waals surface area contributed by atoms with Gasteiger partial charge in [0.1, 0.15) is 0 Å². The number of rotatable bonds is 4. The maximum absolute atomic E-state index is 10.4. The second kappa shape index (κ2) is 4.55. The van der Waals surface area contributed by atoms with Gasteiger partial charge >= 0.3 is 5.97 Å². The van der Waals surface area contributed by atoms with Crippen molar-refractivity contribution in [2.45, 2.75) is 19.1 Å². The largest absolute Gasteiger partial charge is 0.480 e. The minimum absolute atomic E-state index is 0.0271. The molecule has 0 spiro atoms. The summed E-state index contributed by atoms with van der Waals surface area (Å²) in [5, 5.41) is 18.0. The van der Waals surface area contributed by atoms with Crippen molar-refractivity contribution in [2.24, 2.45) is 0 Å². The molecule has 5 heteroatoms. The first kappa shape index (κ1) is 10.4. The molecule has 76 valence electrons. The van der Waals surface area contributed by atoms with Gasteiger partial charge in [0, 0.05) is 19.7 Å². The van der Waals surface area contributed by atoms with E-state index in [2.05, 4.69) is 0 Å². The van der Waals surface area contributed by atoms with Crippen molar-refractivity contribution in [1.29, 1.82) is 0 Å². The number of ether oxygens (including phenoxy) is 1. The van der Waals surface area contributed by atoms with Gasteiger partial charge in [0.15, 0.2) is 0 Å². The Morgan fingerprint density at radius 3 is 2.85 bits per heavy atom. The monoisotopic (exact) mass is 189 g/mol. The minimum atomic E-state index is -0.871. The van der Waals surface area contributed by atoms with Crippen molar-refractivity contribution < 1.29 is 19.7 Å². The summed E-state index contributed by atoms with van der Waals surface area (Å²) in [6, 6.07) is 0. The number of aliphatic hydroxyl groups is 1. The molecule has 0 radical (unpaired) electrons. The average molecular weight is 189 g/mol. The van der Waals surface area contributed by atoms with E-state index in [0.717, 1.165) is 0 Å². The predicted octanol–water partition coefficient (Wildman–Crippen LogP) is -0.847. The maximum atomic E-state index is 10.4. The first-order chi connectivity index (χ1) is 6.13. The molecule has 2 N–H and O–H groups in total. The number of nitrogens with zero attached hydrogens (tertiary/aromatic N) is 1. The van der Waals surface area contributed by atoms with Crippen LogP contribution in [0.3, 0.4) is 0 Å². The lowest BCUT2D eigenvalue weighted by molar-refractivity contribution is -0.138. The van der Waals surface area contributed by atoms with Gasteiger partial charge in [0.25, 0.3) is 0 Å². The Kier molecular flexibility index (Phi) is 3.65. The fraction of sp³-hybridized carbons (Fsp3) is 0.875. The summed E-state index contributed by atoms with van der Waals surface area (Å²) < 4.78 is 5.24. The molecule has 2 atom stereocenters. The number of aliphatic hydroxyl groups excluding tert-OH is 1. The van der Waals surface area contributed by atoms with Crippen LogP contribution in [0.4, 0.5) is 0 Å². The van der Waals surface area contributed by atoms with Crippen molar-refractivity contribution in [3.63, 3.8) is 0 Å². The Balaban J connectivity index is 2.35. The van der Waals surface area contributed by atoms with E-state index in [4.69, 9.17) is 9.84 Å². The Morgan fingerprint density at radius 1 is 1.62 bits per heavy atom. The molecule has 1 aliphatic rings. The highest BCUT2D eigenvalue weighted by Gasteiger charge is 2.32. The molecule has 0 amide bonds. The fourth-order valence-corrected chi connectivity index (χ4v) is 1.53. The van der Waals surface area contributed by atoms with Gasteiger partial charge in [-0.05, 0) is 6.92 Å². The first-order valence-electron chi connectivity index (χ1n) is 4.37. The predicted molar refractivity (Wildman–Crippen MR) is 45.5 cm³/mol. The van der Waals surface area contributed by atoms with Crippen molar-refractivity contribution in [1.82, 2.24) is 4.90 Å². The number of hydrogen-bond acceptors (Lipinski definition) is 4. The summed E-state index contributed by atoms with van der Waals surface area (Å²) in [7, 11) is 0. The fourth-order valence-electron chi connectivity index (χ4n) is 1.53. The van der Waals surface area contributed by atoms with Crippen molar-refractivity contribution in [3.05, 3.63) is 0 Å². The van der Waals surface area contributed by atoms with Crippen LogP contribution in [0.15, 0.2) is 0 Å². The van der Waals surface area contributed by atoms with Crippen LogP contribution in [-0.4, -0.2) is 59.5 Å². The second-order valence-corrected chi connectivity index (χ2v) is 3.15. The van der Waals surface area contributed by atoms with Crippen LogP contribution in [0.1, 0.15) is 6.92 Å². The number of hydrogen-bond donors (Lipinski definition) is 2. The molecule has 0 aromatic heterocycles. The molecule has 1 saturated heterocycles. The van der Waals surface area contributed by atoms with Crippen molar-refractivity contribution in [3.8, 4) is 0 Å². The van der Waals surface area contributed by atoms with E-state index in [1.807, 2.05) is 6.92 Å². The normalized spacial score (nSPS) is 29.4. The molecular formula is C8H15NO4. The van der Waals surface area contributed by atoms with Gasteiger partial charge in [-0.2, -0.15) is 0 Å². The zero-order valence-electron chi connectivity index (χ0n) is 7.64. The Labute approximate surface area is 76.9 Å². The number of carbonyl (C=O) groups is 1. The van der Waals surface area contributed by atoms with E-state index in [-0.39, 0.29) is 12.6 Å². The number of carboxylic acids is 1. The van der Waals surface area contributed by atoms with Gasteiger partial charge in [-0.25, -0.2) is 0 Å². The smallest absolute Gasteiger partial charge is 0.317 e. The molecule has 0 aromatic rings. The lowest BCUT2D eigenvalue weighted by Gasteiger charge is -2.13. The Hall–Kier alpha value is -0.650. The second-order valence-electron chi connectivity index (χ2n) is 3.15. The standard InChI is InChI=1S/C8H15NO4/c1-2-13-7-4-9(3-6(7)10)5-8(11)12/h6-7,10H,2-5H2,1H3,(H,11,12)/t6-,7+/m1/s1. The third kappa shape index (κ3) is 2.95. The van der Waals surface area contributed by atoms with Crippen molar-refractivity contribution in [2.75, 3.05) is 26.2 Å². The van der Waals surface area contributed by atoms with E-state index < -0.39 is 12.1 Å². The van der Waals surface area contributed by atoms with Gasteiger partial charge in [-0.3, -0.25) is 9.69 Å². The van der Waals surface area contributed by atoms with Crippen LogP contribution >= 0.6 is 0 Å². The van der Waals surface area contributed by atoms with Crippen LogP contribution in [0, 0.1) is 0 Å². The SMILES string of the molecule is CCO[C@H]1CN(CC(=O)O)C[C@H]1O. The zero-order chi connectivity index (χ0) is 9.84. The van der Waals surface area contributed by atoms with Crippen LogP contribution in [0.25, 0.3) is 0 Å². The summed E-state index contributed by atoms with van der Waals surface area (Å²) in [6.07, 6.45) is -0.788. The van der Waals surface area contributed by atoms with Gasteiger partial charge < -0.3 is 14.9 Å². The van der Waals surface area contributed by atoms with E-state index in [1.54, 1.807) is 4.90 Å². The van der Waals surface area contributed by atoms with Gasteiger partial charge in [-0.1, -0.05) is 0 Å². The maximum Gasteiger partial charge on any atom is 0.317 e. The molecule has 1 aliphatic heterocycles. The highest BCUT2D eigenvalue weighted by atomic mass is 16.5. The molecule has 1 fully saturated rings. The van der Waals surface area contributed by atoms with Gasteiger partial charge in [0.05, 0.1) is 18.8 Å². The first-order valence-corrected chi connectivity index (χ1v) is 4.37. The van der Waals surface area contributed by atoms with Crippen LogP contribution in [0.2, 0.25) is 0 Å². The van der Waals surface area contributed by atoms with Gasteiger partial charge in [-0.15, -0.1) is 0 Å². The minimum Gasteiger partial charge on any atom is -0.480 e. The lowest BCUT2D eigenvalue weighted by atomic mass is 10.3. The lowest BCUT2D eigenvalue weighted by Crippen LogP contribution is -2.28.